The van der Waals surface area contributed by atoms with Crippen LogP contribution < -0.4 is 26.4 Å². The fraction of sp³-hybridized carbons (Fsp3) is 0.516. The van der Waals surface area contributed by atoms with Crippen LogP contribution in [0.25, 0.3) is 5.57 Å². The lowest BCUT2D eigenvalue weighted by atomic mass is 10.1. The smallest absolute Gasteiger partial charge is 0.422 e. The number of alkyl halides is 3. The van der Waals surface area contributed by atoms with Crippen molar-refractivity contribution in [2.24, 2.45) is 11.5 Å². The Kier molecular flexibility index (Phi) is 10.8. The van der Waals surface area contributed by atoms with E-state index in [2.05, 4.69) is 15.2 Å². The highest BCUT2D eigenvalue weighted by atomic mass is 32.1. The third kappa shape index (κ3) is 8.84. The lowest BCUT2D eigenvalue weighted by molar-refractivity contribution is -0.138. The van der Waals surface area contributed by atoms with Gasteiger partial charge in [0.2, 0.25) is 0 Å². The molecule has 1 aliphatic heterocycles. The summed E-state index contributed by atoms with van der Waals surface area (Å²) in [6, 6.07) is 2.59. The van der Waals surface area contributed by atoms with Gasteiger partial charge in [-0.15, -0.1) is 11.3 Å². The van der Waals surface area contributed by atoms with E-state index in [0.717, 1.165) is 11.3 Å². The molecule has 46 heavy (non-hydrogen) atoms. The topological polar surface area (TPSA) is 139 Å². The van der Waals surface area contributed by atoms with Gasteiger partial charge >= 0.3 is 12.3 Å². The van der Waals surface area contributed by atoms with Crippen LogP contribution in [0.1, 0.15) is 61.1 Å². The third-order valence-corrected chi connectivity index (χ3v) is 8.43. The Balaban J connectivity index is 1.56. The van der Waals surface area contributed by atoms with Crippen LogP contribution in [0.2, 0.25) is 0 Å². The van der Waals surface area contributed by atoms with Crippen molar-refractivity contribution in [1.29, 1.82) is 0 Å². The number of nitrogens with zero attached hydrogens (tertiary/aromatic N) is 4. The second kappa shape index (κ2) is 14.2. The van der Waals surface area contributed by atoms with Gasteiger partial charge in [-0.05, 0) is 64.4 Å². The van der Waals surface area contributed by atoms with E-state index < -0.39 is 29.3 Å². The van der Waals surface area contributed by atoms with Crippen molar-refractivity contribution < 1.29 is 32.2 Å². The molecule has 1 aromatic carbocycles. The SMILES string of the molecule is CN(CCN1CC[C@@H](N(C)C(=O)OC(C)(C)C)C1)c1c(NC(=O)c2csc(C(/C=C\N)=C/N)n2)ccc(OC2CC2)c1C(F)(F)F. The lowest BCUT2D eigenvalue weighted by Crippen LogP contribution is -2.42. The maximum absolute atomic E-state index is 14.7. The molecule has 252 valence electrons. The molecule has 5 N–H and O–H groups in total. The fourth-order valence-corrected chi connectivity index (χ4v) is 5.83. The van der Waals surface area contributed by atoms with Gasteiger partial charge in [0.25, 0.3) is 5.91 Å². The van der Waals surface area contributed by atoms with Gasteiger partial charge in [-0.2, -0.15) is 13.2 Å². The number of benzene rings is 1. The summed E-state index contributed by atoms with van der Waals surface area (Å²) >= 11 is 1.15. The zero-order valence-electron chi connectivity index (χ0n) is 26.7. The zero-order chi connectivity index (χ0) is 33.8. The van der Waals surface area contributed by atoms with Gasteiger partial charge in [0.1, 0.15) is 27.6 Å². The molecule has 1 aliphatic carbocycles. The number of carbonyl (C=O) groups excluding carboxylic acids is 2. The zero-order valence-corrected chi connectivity index (χ0v) is 27.5. The minimum absolute atomic E-state index is 0.0162. The molecule has 0 unspecified atom stereocenters. The molecule has 11 nitrogen and oxygen atoms in total. The summed E-state index contributed by atoms with van der Waals surface area (Å²) in [5.74, 6) is -0.959. The number of nitrogens with one attached hydrogen (secondary N) is 1. The number of likely N-dealkylation sites (N-methyl/N-ethyl adjacent to an activating group) is 2. The van der Waals surface area contributed by atoms with E-state index >= 15 is 0 Å². The molecule has 0 bridgehead atoms. The molecule has 2 aromatic rings. The number of allylic oxidation sites excluding steroid dienone is 2. The number of rotatable bonds is 11. The standard InChI is InChI=1S/C31H42F3N7O4S/c1-30(2,3)45-29(43)40(5)20-11-13-41(17-20)15-14-39(4)26-22(8-9-24(44-21-6-7-21)25(26)31(32,33)34)37-27(42)23-18-46-28(38-23)19(16-36)10-12-35/h8-10,12,16,18,20-21H,6-7,11,13-15,17,35-36H2,1-5H3,(H,37,42)/b12-10-,19-16+/t20-/m1/s1. The average molecular weight is 666 g/mol. The van der Waals surface area contributed by atoms with Gasteiger partial charge < -0.3 is 36.1 Å². The third-order valence-electron chi connectivity index (χ3n) is 7.54. The maximum Gasteiger partial charge on any atom is 0.422 e. The number of halogens is 3. The van der Waals surface area contributed by atoms with E-state index in [1.54, 1.807) is 39.8 Å². The number of ether oxygens (including phenoxy) is 2. The Hall–Kier alpha value is -3.98. The second-order valence-corrected chi connectivity index (χ2v) is 13.2. The Labute approximate surface area is 271 Å². The number of hydrogen-bond donors (Lipinski definition) is 3. The molecule has 15 heteroatoms. The molecule has 4 rings (SSSR count). The van der Waals surface area contributed by atoms with E-state index in [1.807, 2.05) is 0 Å². The number of amides is 2. The minimum atomic E-state index is -4.77. The van der Waals surface area contributed by atoms with Crippen LogP contribution in [0.15, 0.2) is 36.0 Å². The number of nitrogens with two attached hydrogens (primary N) is 2. The van der Waals surface area contributed by atoms with Gasteiger partial charge in [-0.25, -0.2) is 9.78 Å². The highest BCUT2D eigenvalue weighted by molar-refractivity contribution is 7.11. The Bertz CT molecular complexity index is 1470. The van der Waals surface area contributed by atoms with Crippen molar-refractivity contribution in [2.75, 3.05) is 50.5 Å². The minimum Gasteiger partial charge on any atom is -0.490 e. The lowest BCUT2D eigenvalue weighted by Gasteiger charge is -2.30. The van der Waals surface area contributed by atoms with Crippen LogP contribution in [-0.2, 0) is 10.9 Å². The van der Waals surface area contributed by atoms with E-state index in [4.69, 9.17) is 20.9 Å². The fourth-order valence-electron chi connectivity index (χ4n) is 5.02. The van der Waals surface area contributed by atoms with Crippen LogP contribution in [0.4, 0.5) is 29.3 Å². The second-order valence-electron chi connectivity index (χ2n) is 12.4. The number of carbonyl (C=O) groups is 2. The van der Waals surface area contributed by atoms with Gasteiger partial charge in [-0.1, -0.05) is 0 Å². The van der Waals surface area contributed by atoms with Crippen molar-refractivity contribution in [3.8, 4) is 5.75 Å². The van der Waals surface area contributed by atoms with Gasteiger partial charge in [-0.3, -0.25) is 9.69 Å². The number of anilines is 2. The number of aromatic nitrogens is 1. The monoisotopic (exact) mass is 665 g/mol. The molecule has 1 saturated carbocycles. The maximum atomic E-state index is 14.7. The van der Waals surface area contributed by atoms with Crippen LogP contribution >= 0.6 is 11.3 Å². The molecular formula is C31H42F3N7O4S. The molecule has 0 spiro atoms. The van der Waals surface area contributed by atoms with E-state index in [1.165, 1.54) is 40.9 Å². The molecule has 2 fully saturated rings. The quantitative estimate of drug-likeness (QED) is 0.280. The predicted octanol–water partition coefficient (Wildman–Crippen LogP) is 5.10. The van der Waals surface area contributed by atoms with Crippen molar-refractivity contribution in [3.05, 3.63) is 52.3 Å². The predicted molar refractivity (Wildman–Crippen MR) is 173 cm³/mol. The van der Waals surface area contributed by atoms with E-state index in [-0.39, 0.29) is 41.5 Å². The first-order chi connectivity index (χ1) is 21.6. The summed E-state index contributed by atoms with van der Waals surface area (Å²) in [5, 5.41) is 4.57. The van der Waals surface area contributed by atoms with E-state index in [9.17, 15) is 22.8 Å². The largest absolute Gasteiger partial charge is 0.490 e. The molecule has 1 atom stereocenters. The van der Waals surface area contributed by atoms with Crippen LogP contribution in [0, 0.1) is 0 Å². The highest BCUT2D eigenvalue weighted by Gasteiger charge is 2.41. The summed E-state index contributed by atoms with van der Waals surface area (Å²) in [6.45, 7) is 7.25. The van der Waals surface area contributed by atoms with E-state index in [0.29, 0.717) is 49.5 Å². The molecule has 1 aromatic heterocycles. The number of thiazole rings is 1. The molecule has 2 aliphatic rings. The van der Waals surface area contributed by atoms with Crippen LogP contribution in [0.5, 0.6) is 5.75 Å². The first kappa shape index (κ1) is 34.9. The number of likely N-dealkylation sites (tertiary alicyclic amines) is 1. The van der Waals surface area contributed by atoms with Gasteiger partial charge in [0, 0.05) is 63.5 Å². The summed E-state index contributed by atoms with van der Waals surface area (Å²) in [5.41, 5.74) is 9.80. The normalized spacial score (nSPS) is 17.7. The first-order valence-corrected chi connectivity index (χ1v) is 15.9. The van der Waals surface area contributed by atoms with Gasteiger partial charge in [0.05, 0.1) is 17.5 Å². The summed E-state index contributed by atoms with van der Waals surface area (Å²) in [7, 11) is 3.25. The molecule has 0 radical (unpaired) electrons. The van der Waals surface area contributed by atoms with Crippen molar-refractivity contribution >= 4 is 40.3 Å². The Morgan fingerprint density at radius 1 is 1.17 bits per heavy atom. The Morgan fingerprint density at radius 2 is 1.89 bits per heavy atom. The molecule has 1 saturated heterocycles. The van der Waals surface area contributed by atoms with Gasteiger partial charge in [0.15, 0.2) is 0 Å². The number of hydrogen-bond acceptors (Lipinski definition) is 10. The average Bonchev–Trinajstić information content (AvgIpc) is 3.44. The first-order valence-electron chi connectivity index (χ1n) is 15.0. The molecular weight excluding hydrogens is 623 g/mol. The molecule has 2 heterocycles. The summed E-state index contributed by atoms with van der Waals surface area (Å²) < 4.78 is 55.4. The van der Waals surface area contributed by atoms with Crippen molar-refractivity contribution in [2.45, 2.75) is 64.0 Å². The Morgan fingerprint density at radius 3 is 2.50 bits per heavy atom. The summed E-state index contributed by atoms with van der Waals surface area (Å²) in [4.78, 5) is 35.3. The highest BCUT2D eigenvalue weighted by Crippen LogP contribution is 2.47. The van der Waals surface area contributed by atoms with Crippen LogP contribution in [-0.4, -0.2) is 84.8 Å². The molecule has 2 amide bonds. The van der Waals surface area contributed by atoms with Crippen molar-refractivity contribution in [3.63, 3.8) is 0 Å². The van der Waals surface area contributed by atoms with Crippen LogP contribution in [0.3, 0.4) is 0 Å². The van der Waals surface area contributed by atoms with Crippen molar-refractivity contribution in [1.82, 2.24) is 14.8 Å². The summed E-state index contributed by atoms with van der Waals surface area (Å²) in [6.07, 6.45) is 0.709.